The summed E-state index contributed by atoms with van der Waals surface area (Å²) < 4.78 is 2.16. The van der Waals surface area contributed by atoms with E-state index in [4.69, 9.17) is 0 Å². The minimum absolute atomic E-state index is 0.295. The van der Waals surface area contributed by atoms with Crippen LogP contribution in [-0.2, 0) is 13.0 Å². The van der Waals surface area contributed by atoms with Crippen molar-refractivity contribution >= 4 is 0 Å². The number of rotatable bonds is 3. The third-order valence-electron chi connectivity index (χ3n) is 2.88. The summed E-state index contributed by atoms with van der Waals surface area (Å²) in [6.07, 6.45) is 5.11. The van der Waals surface area contributed by atoms with E-state index < -0.39 is 0 Å². The zero-order valence-electron chi connectivity index (χ0n) is 11.8. The van der Waals surface area contributed by atoms with Gasteiger partial charge in [0.25, 0.3) is 0 Å². The second-order valence-electron chi connectivity index (χ2n) is 6.26. The van der Waals surface area contributed by atoms with E-state index in [0.29, 0.717) is 5.41 Å². The van der Waals surface area contributed by atoms with Gasteiger partial charge in [-0.1, -0.05) is 50.6 Å². The van der Waals surface area contributed by atoms with Gasteiger partial charge in [0.2, 0.25) is 0 Å². The van der Waals surface area contributed by atoms with Crippen LogP contribution in [0.25, 0.3) is 0 Å². The molecule has 2 rings (SSSR count). The maximum atomic E-state index is 4.48. The van der Waals surface area contributed by atoms with Crippen LogP contribution in [0.5, 0.6) is 0 Å². The highest BCUT2D eigenvalue weighted by Gasteiger charge is 2.13. The third kappa shape index (κ3) is 3.73. The Morgan fingerprint density at radius 1 is 1.11 bits per heavy atom. The lowest BCUT2D eigenvalue weighted by Gasteiger charge is -2.15. The van der Waals surface area contributed by atoms with Crippen molar-refractivity contribution in [3.63, 3.8) is 0 Å². The fourth-order valence-electron chi connectivity index (χ4n) is 2.03. The van der Waals surface area contributed by atoms with Gasteiger partial charge < -0.3 is 4.57 Å². The number of aromatic nitrogens is 2. The molecule has 0 radical (unpaired) electrons. The summed E-state index contributed by atoms with van der Waals surface area (Å²) >= 11 is 0. The molecule has 1 heterocycles. The van der Waals surface area contributed by atoms with Crippen molar-refractivity contribution in [1.29, 1.82) is 0 Å². The Kier molecular flexibility index (Phi) is 3.55. The molecule has 1 aromatic carbocycles. The molecule has 0 aliphatic carbocycles. The minimum atomic E-state index is 0.295. The van der Waals surface area contributed by atoms with Crippen molar-refractivity contribution in [2.45, 2.75) is 40.7 Å². The van der Waals surface area contributed by atoms with Gasteiger partial charge in [-0.3, -0.25) is 0 Å². The summed E-state index contributed by atoms with van der Waals surface area (Å²) in [5, 5.41) is 0. The number of hydrogen-bond donors (Lipinski definition) is 0. The van der Waals surface area contributed by atoms with Crippen molar-refractivity contribution in [3.05, 3.63) is 53.6 Å². The normalized spacial score (nSPS) is 11.8. The molecule has 0 aliphatic heterocycles. The van der Waals surface area contributed by atoms with E-state index >= 15 is 0 Å². The SMILES string of the molecule is Cc1ccc(Cn2cnc(CC(C)(C)C)c2)cc1. The molecule has 18 heavy (non-hydrogen) atoms. The highest BCUT2D eigenvalue weighted by molar-refractivity contribution is 5.21. The van der Waals surface area contributed by atoms with Crippen molar-refractivity contribution in [1.82, 2.24) is 9.55 Å². The molecule has 0 saturated heterocycles. The maximum absolute atomic E-state index is 4.48. The molecule has 0 N–H and O–H groups in total. The average Bonchev–Trinajstić information content (AvgIpc) is 2.66. The predicted molar refractivity (Wildman–Crippen MR) is 75.7 cm³/mol. The Labute approximate surface area is 110 Å². The molecule has 0 amide bonds. The van der Waals surface area contributed by atoms with Gasteiger partial charge in [0.15, 0.2) is 0 Å². The van der Waals surface area contributed by atoms with Crippen molar-refractivity contribution in [2.24, 2.45) is 5.41 Å². The monoisotopic (exact) mass is 242 g/mol. The molecule has 0 saturated carbocycles. The lowest BCUT2D eigenvalue weighted by Crippen LogP contribution is -2.09. The van der Waals surface area contributed by atoms with E-state index in [1.807, 2.05) is 6.33 Å². The van der Waals surface area contributed by atoms with Crippen molar-refractivity contribution in [2.75, 3.05) is 0 Å². The zero-order valence-corrected chi connectivity index (χ0v) is 11.8. The molecule has 2 aromatic rings. The Morgan fingerprint density at radius 3 is 2.39 bits per heavy atom. The van der Waals surface area contributed by atoms with Gasteiger partial charge >= 0.3 is 0 Å². The van der Waals surface area contributed by atoms with Crippen LogP contribution in [0.1, 0.15) is 37.6 Å². The molecule has 2 nitrogen and oxygen atoms in total. The number of imidazole rings is 1. The smallest absolute Gasteiger partial charge is 0.0952 e. The number of benzene rings is 1. The van der Waals surface area contributed by atoms with Gasteiger partial charge in [0.05, 0.1) is 12.0 Å². The van der Waals surface area contributed by atoms with Crippen LogP contribution in [0.15, 0.2) is 36.8 Å². The molecule has 1 aromatic heterocycles. The first-order valence-corrected chi connectivity index (χ1v) is 6.49. The second kappa shape index (κ2) is 4.97. The van der Waals surface area contributed by atoms with E-state index in [9.17, 15) is 0 Å². The Morgan fingerprint density at radius 2 is 1.78 bits per heavy atom. The number of aryl methyl sites for hydroxylation is 1. The summed E-state index contributed by atoms with van der Waals surface area (Å²) in [6.45, 7) is 9.74. The van der Waals surface area contributed by atoms with E-state index in [1.165, 1.54) is 16.8 Å². The topological polar surface area (TPSA) is 17.8 Å². The zero-order chi connectivity index (χ0) is 13.2. The van der Waals surface area contributed by atoms with E-state index in [-0.39, 0.29) is 0 Å². The van der Waals surface area contributed by atoms with Gasteiger partial charge in [-0.25, -0.2) is 4.98 Å². The summed E-state index contributed by atoms with van der Waals surface area (Å²) in [6, 6.07) is 8.67. The number of nitrogens with zero attached hydrogens (tertiary/aromatic N) is 2. The summed E-state index contributed by atoms with van der Waals surface area (Å²) in [5.74, 6) is 0. The highest BCUT2D eigenvalue weighted by atomic mass is 15.0. The van der Waals surface area contributed by atoms with Crippen LogP contribution in [0.2, 0.25) is 0 Å². The Hall–Kier alpha value is -1.57. The first kappa shape index (κ1) is 12.9. The molecule has 0 fully saturated rings. The van der Waals surface area contributed by atoms with Crippen LogP contribution in [0, 0.1) is 12.3 Å². The van der Waals surface area contributed by atoms with Gasteiger partial charge in [0, 0.05) is 12.7 Å². The van der Waals surface area contributed by atoms with Crippen molar-refractivity contribution in [3.8, 4) is 0 Å². The molecule has 0 spiro atoms. The molecular formula is C16H22N2. The average molecular weight is 242 g/mol. The van der Waals surface area contributed by atoms with Crippen LogP contribution >= 0.6 is 0 Å². The van der Waals surface area contributed by atoms with E-state index in [0.717, 1.165) is 13.0 Å². The fraction of sp³-hybridized carbons (Fsp3) is 0.438. The highest BCUT2D eigenvalue weighted by Crippen LogP contribution is 2.19. The Bertz CT molecular complexity index is 501. The molecule has 96 valence electrons. The van der Waals surface area contributed by atoms with Gasteiger partial charge in [-0.2, -0.15) is 0 Å². The van der Waals surface area contributed by atoms with Gasteiger partial charge in [-0.05, 0) is 24.3 Å². The molecule has 0 bridgehead atoms. The molecule has 0 aliphatic rings. The quantitative estimate of drug-likeness (QED) is 0.800. The second-order valence-corrected chi connectivity index (χ2v) is 6.26. The van der Waals surface area contributed by atoms with E-state index in [2.05, 4.69) is 67.7 Å². The summed E-state index contributed by atoms with van der Waals surface area (Å²) in [4.78, 5) is 4.48. The van der Waals surface area contributed by atoms with Crippen LogP contribution in [-0.4, -0.2) is 9.55 Å². The van der Waals surface area contributed by atoms with Gasteiger partial charge in [-0.15, -0.1) is 0 Å². The van der Waals surface area contributed by atoms with Gasteiger partial charge in [0.1, 0.15) is 0 Å². The molecule has 0 atom stereocenters. The van der Waals surface area contributed by atoms with Crippen LogP contribution in [0.4, 0.5) is 0 Å². The molecule has 0 unspecified atom stereocenters. The lowest BCUT2D eigenvalue weighted by molar-refractivity contribution is 0.407. The number of hydrogen-bond acceptors (Lipinski definition) is 1. The minimum Gasteiger partial charge on any atom is -0.333 e. The predicted octanol–water partition coefficient (Wildman–Crippen LogP) is 3.83. The first-order chi connectivity index (χ1) is 8.42. The standard InChI is InChI=1S/C16H22N2/c1-13-5-7-14(8-6-13)10-18-11-15(17-12-18)9-16(2,3)4/h5-8,11-12H,9-10H2,1-4H3. The van der Waals surface area contributed by atoms with Crippen LogP contribution in [0.3, 0.4) is 0 Å². The molecular weight excluding hydrogens is 220 g/mol. The fourth-order valence-corrected chi connectivity index (χ4v) is 2.03. The van der Waals surface area contributed by atoms with E-state index in [1.54, 1.807) is 0 Å². The molecule has 2 heteroatoms. The summed E-state index contributed by atoms with van der Waals surface area (Å²) in [5.41, 5.74) is 4.09. The largest absolute Gasteiger partial charge is 0.333 e. The van der Waals surface area contributed by atoms with Crippen molar-refractivity contribution < 1.29 is 0 Å². The maximum Gasteiger partial charge on any atom is 0.0952 e. The van der Waals surface area contributed by atoms with Crippen LogP contribution < -0.4 is 0 Å². The lowest BCUT2D eigenvalue weighted by atomic mass is 9.91. The summed E-state index contributed by atoms with van der Waals surface area (Å²) in [7, 11) is 0. The third-order valence-corrected chi connectivity index (χ3v) is 2.88. The first-order valence-electron chi connectivity index (χ1n) is 6.49. The Balaban J connectivity index is 2.04.